The number of carbonyl (C=O) groups is 1. The van der Waals surface area contributed by atoms with Crippen LogP contribution in [0.5, 0.6) is 0 Å². The number of aliphatic hydroxyl groups excluding tert-OH is 1. The van der Waals surface area contributed by atoms with Crippen LogP contribution < -0.4 is 0 Å². The number of nitrogens with zero attached hydrogens (tertiary/aromatic N) is 6. The smallest absolute Gasteiger partial charge is 0.411 e. The van der Waals surface area contributed by atoms with Gasteiger partial charge in [0.05, 0.1) is 29.7 Å². The molecule has 1 fully saturated rings. The largest absolute Gasteiger partial charge is 0.444 e. The summed E-state index contributed by atoms with van der Waals surface area (Å²) < 4.78 is 24.5. The molecular formula is C37H39N7O6. The minimum absolute atomic E-state index is 0.0822. The normalized spacial score (nSPS) is 19.3. The molecule has 13 nitrogen and oxygen atoms in total. The van der Waals surface area contributed by atoms with Gasteiger partial charge >= 0.3 is 6.09 Å². The van der Waals surface area contributed by atoms with E-state index in [9.17, 15) is 9.90 Å². The average molecular weight is 678 g/mol. The van der Waals surface area contributed by atoms with E-state index in [1.165, 1.54) is 18.3 Å². The molecule has 1 saturated heterocycles. The fourth-order valence-corrected chi connectivity index (χ4v) is 6.61. The number of aromatic amines is 1. The molecule has 6 rings (SSSR count). The van der Waals surface area contributed by atoms with Crippen molar-refractivity contribution in [2.45, 2.75) is 56.3 Å². The number of likely N-dealkylation sites (tertiary alicyclic amines) is 1. The van der Waals surface area contributed by atoms with Gasteiger partial charge in [-0.2, -0.15) is 0 Å². The lowest BCUT2D eigenvalue weighted by atomic mass is 9.80. The van der Waals surface area contributed by atoms with Gasteiger partial charge < -0.3 is 29.0 Å². The zero-order valence-electron chi connectivity index (χ0n) is 28.2. The molecule has 5 aromatic rings. The van der Waals surface area contributed by atoms with Gasteiger partial charge in [0, 0.05) is 23.8 Å². The highest BCUT2D eigenvalue weighted by Gasteiger charge is 2.55. The van der Waals surface area contributed by atoms with Gasteiger partial charge in [-0.1, -0.05) is 91.0 Å². The van der Waals surface area contributed by atoms with Gasteiger partial charge in [0.15, 0.2) is 5.82 Å². The minimum atomic E-state index is -1.27. The molecule has 1 aliphatic heterocycles. The number of hydrogen-bond donors (Lipinski definition) is 2. The van der Waals surface area contributed by atoms with Crippen molar-refractivity contribution in [2.75, 3.05) is 20.5 Å². The Bertz CT molecular complexity index is 1850. The predicted molar refractivity (Wildman–Crippen MR) is 185 cm³/mol. The van der Waals surface area contributed by atoms with Gasteiger partial charge in [-0.15, -0.1) is 0 Å². The third-order valence-corrected chi connectivity index (χ3v) is 8.62. The van der Waals surface area contributed by atoms with Crippen molar-refractivity contribution in [3.8, 4) is 0 Å². The highest BCUT2D eigenvalue weighted by atomic mass is 16.7. The van der Waals surface area contributed by atoms with E-state index >= 15 is 0 Å². The first-order valence-corrected chi connectivity index (χ1v) is 16.2. The van der Waals surface area contributed by atoms with E-state index in [1.54, 1.807) is 27.0 Å². The van der Waals surface area contributed by atoms with Gasteiger partial charge in [0.1, 0.15) is 36.5 Å². The van der Waals surface area contributed by atoms with Gasteiger partial charge in [-0.25, -0.2) is 14.8 Å². The third-order valence-electron chi connectivity index (χ3n) is 8.62. The van der Waals surface area contributed by atoms with E-state index in [-0.39, 0.29) is 19.2 Å². The SMILES string of the molecule is COCO[C@@H]1[C@H](O)[C@@H](COC(c2ccccc2)(c2ccccc2)c2ccccc2)N(C(=O)OC(C)(C)C)[C@H]1c1c[nH]c2c(N=[N+]=[N-])ncnc12. The van der Waals surface area contributed by atoms with Crippen LogP contribution in [0.1, 0.15) is 49.1 Å². The zero-order chi connectivity index (χ0) is 35.3. The van der Waals surface area contributed by atoms with E-state index in [2.05, 4.69) is 25.0 Å². The van der Waals surface area contributed by atoms with Crippen molar-refractivity contribution in [3.05, 3.63) is 136 Å². The van der Waals surface area contributed by atoms with Gasteiger partial charge in [-0.05, 0) is 48.1 Å². The first kappa shape index (κ1) is 34.6. The van der Waals surface area contributed by atoms with Crippen molar-refractivity contribution in [3.63, 3.8) is 0 Å². The molecule has 0 unspecified atom stereocenters. The number of nitrogens with one attached hydrogen (secondary N) is 1. The number of ether oxygens (including phenoxy) is 4. The highest BCUT2D eigenvalue weighted by molar-refractivity contribution is 5.87. The Balaban J connectivity index is 1.51. The summed E-state index contributed by atoms with van der Waals surface area (Å²) in [5.41, 5.74) is 10.9. The first-order valence-electron chi connectivity index (χ1n) is 16.2. The van der Waals surface area contributed by atoms with Crippen molar-refractivity contribution < 1.29 is 28.8 Å². The Morgan fingerprint density at radius 1 is 0.960 bits per heavy atom. The van der Waals surface area contributed by atoms with Crippen LogP contribution in [0.25, 0.3) is 21.5 Å². The number of amides is 1. The molecule has 2 N–H and O–H groups in total. The number of rotatable bonds is 11. The van der Waals surface area contributed by atoms with E-state index in [1.807, 2.05) is 91.0 Å². The summed E-state index contributed by atoms with van der Waals surface area (Å²) in [5.74, 6) is 0.0822. The number of hydrogen-bond acceptors (Lipinski definition) is 9. The maximum atomic E-state index is 14.3. The number of aromatic nitrogens is 3. The second-order valence-corrected chi connectivity index (χ2v) is 12.9. The quantitative estimate of drug-likeness (QED) is 0.0499. The maximum Gasteiger partial charge on any atom is 0.411 e. The monoisotopic (exact) mass is 677 g/mol. The van der Waals surface area contributed by atoms with Crippen LogP contribution in [0, 0.1) is 0 Å². The number of fused-ring (bicyclic) bond motifs is 1. The summed E-state index contributed by atoms with van der Waals surface area (Å²) in [6.45, 7) is 5.01. The Morgan fingerprint density at radius 2 is 1.54 bits per heavy atom. The lowest BCUT2D eigenvalue weighted by Crippen LogP contribution is -2.47. The second kappa shape index (κ2) is 14.7. The maximum absolute atomic E-state index is 14.3. The van der Waals surface area contributed by atoms with Crippen molar-refractivity contribution in [2.24, 2.45) is 5.11 Å². The lowest BCUT2D eigenvalue weighted by Gasteiger charge is -2.39. The van der Waals surface area contributed by atoms with Crippen molar-refractivity contribution >= 4 is 22.9 Å². The van der Waals surface area contributed by atoms with Crippen LogP contribution in [0.2, 0.25) is 0 Å². The van der Waals surface area contributed by atoms with Crippen LogP contribution in [0.4, 0.5) is 10.6 Å². The van der Waals surface area contributed by atoms with Gasteiger partial charge in [0.2, 0.25) is 0 Å². The molecule has 0 aliphatic carbocycles. The standard InChI is InChI=1S/C37H39N7O6/c1-36(2,3)50-35(46)44-28(32(45)33(48-23-47-4)31(44)27-20-39-30-29(27)40-22-41-34(30)42-43-38)21-49-37(24-14-8-5-9-15-24,25-16-10-6-11-17-25)26-18-12-7-13-19-26/h5-20,22,28,31-33,39,45H,21,23H2,1-4H3/t28-,31+,32-,33+/m1/s1. The Morgan fingerprint density at radius 3 is 2.06 bits per heavy atom. The average Bonchev–Trinajstić information content (AvgIpc) is 3.67. The van der Waals surface area contributed by atoms with E-state index in [4.69, 9.17) is 24.5 Å². The Kier molecular flexibility index (Phi) is 10.1. The summed E-state index contributed by atoms with van der Waals surface area (Å²) in [6.07, 6.45) is -0.0633. The van der Waals surface area contributed by atoms with Crippen LogP contribution in [-0.2, 0) is 24.5 Å². The molecule has 3 heterocycles. The van der Waals surface area contributed by atoms with Crippen molar-refractivity contribution in [1.29, 1.82) is 0 Å². The van der Waals surface area contributed by atoms with Crippen LogP contribution in [0.3, 0.4) is 0 Å². The minimum Gasteiger partial charge on any atom is -0.444 e. The third kappa shape index (κ3) is 6.65. The molecule has 4 atom stereocenters. The number of H-pyrrole nitrogens is 1. The molecule has 0 spiro atoms. The van der Waals surface area contributed by atoms with Crippen LogP contribution >= 0.6 is 0 Å². The van der Waals surface area contributed by atoms with Gasteiger partial charge in [0.25, 0.3) is 0 Å². The molecule has 13 heteroatoms. The topological polar surface area (TPSA) is 168 Å². The summed E-state index contributed by atoms with van der Waals surface area (Å²) in [5, 5.41) is 15.9. The number of methoxy groups -OCH3 is 1. The number of aliphatic hydroxyl groups is 1. The van der Waals surface area contributed by atoms with Gasteiger partial charge in [-0.3, -0.25) is 4.90 Å². The predicted octanol–water partition coefficient (Wildman–Crippen LogP) is 6.92. The molecule has 2 aromatic heterocycles. The van der Waals surface area contributed by atoms with E-state index in [0.717, 1.165) is 16.7 Å². The zero-order valence-corrected chi connectivity index (χ0v) is 28.2. The lowest BCUT2D eigenvalue weighted by molar-refractivity contribution is -0.113. The van der Waals surface area contributed by atoms with Crippen LogP contribution in [0.15, 0.2) is 109 Å². The number of benzene rings is 3. The molecule has 0 bridgehead atoms. The molecule has 258 valence electrons. The fourth-order valence-electron chi connectivity index (χ4n) is 6.61. The number of carbonyl (C=O) groups excluding carboxylic acids is 1. The van der Waals surface area contributed by atoms with E-state index in [0.29, 0.717) is 16.6 Å². The molecule has 0 radical (unpaired) electrons. The molecule has 3 aromatic carbocycles. The molecule has 0 saturated carbocycles. The summed E-state index contributed by atoms with van der Waals surface area (Å²) in [6, 6.07) is 27.6. The summed E-state index contributed by atoms with van der Waals surface area (Å²) >= 11 is 0. The molecule has 1 aliphatic rings. The first-order chi connectivity index (χ1) is 24.2. The van der Waals surface area contributed by atoms with Crippen LogP contribution in [-0.4, -0.2) is 75.4 Å². The van der Waals surface area contributed by atoms with E-state index < -0.39 is 41.6 Å². The second-order valence-electron chi connectivity index (χ2n) is 12.9. The number of azide groups is 1. The fraction of sp³-hybridized carbons (Fsp3) is 0.324. The summed E-state index contributed by atoms with van der Waals surface area (Å²) in [7, 11) is 1.47. The molecule has 50 heavy (non-hydrogen) atoms. The Hall–Kier alpha value is -5.30. The summed E-state index contributed by atoms with van der Waals surface area (Å²) in [4.78, 5) is 30.3. The Labute approximate surface area is 289 Å². The molecular weight excluding hydrogens is 638 g/mol. The molecule has 1 amide bonds. The highest BCUT2D eigenvalue weighted by Crippen LogP contribution is 2.45. The van der Waals surface area contributed by atoms with Crippen molar-refractivity contribution in [1.82, 2.24) is 19.9 Å².